The van der Waals surface area contributed by atoms with Crippen LogP contribution < -0.4 is 0 Å². The second-order valence-electron chi connectivity index (χ2n) is 8.48. The molecule has 2 atom stereocenters. The number of allylic oxidation sites excluding steroid dienone is 4. The van der Waals surface area contributed by atoms with E-state index in [-0.39, 0.29) is 23.0 Å². The van der Waals surface area contributed by atoms with Crippen molar-refractivity contribution >= 4 is 16.6 Å². The highest BCUT2D eigenvalue weighted by atomic mass is 16.1. The van der Waals surface area contributed by atoms with Crippen molar-refractivity contribution in [3.8, 4) is 0 Å². The van der Waals surface area contributed by atoms with Gasteiger partial charge in [-0.1, -0.05) is 81.0 Å². The SMILES string of the molecule is C/C1=C\CC(C)(C)/C=C/C(=O)[C@H](C)C(c2cccc3ccccc23)CC1. The van der Waals surface area contributed by atoms with Crippen LogP contribution in [0.15, 0.2) is 66.3 Å². The minimum Gasteiger partial charge on any atom is -0.295 e. The van der Waals surface area contributed by atoms with E-state index in [0.29, 0.717) is 0 Å². The van der Waals surface area contributed by atoms with E-state index in [1.807, 2.05) is 6.08 Å². The number of carbonyl (C=O) groups is 1. The third kappa shape index (κ3) is 4.15. The van der Waals surface area contributed by atoms with E-state index in [0.717, 1.165) is 19.3 Å². The Labute approximate surface area is 157 Å². The first-order chi connectivity index (χ1) is 12.4. The van der Waals surface area contributed by atoms with Crippen LogP contribution in [0.5, 0.6) is 0 Å². The molecule has 1 aliphatic carbocycles. The Morgan fingerprint density at radius 3 is 2.58 bits per heavy atom. The molecular weight excluding hydrogens is 316 g/mol. The minimum absolute atomic E-state index is 0.0150. The van der Waals surface area contributed by atoms with Crippen molar-refractivity contribution in [1.82, 2.24) is 0 Å². The first-order valence-electron chi connectivity index (χ1n) is 9.74. The second kappa shape index (κ2) is 7.61. The van der Waals surface area contributed by atoms with Crippen LogP contribution in [0.4, 0.5) is 0 Å². The van der Waals surface area contributed by atoms with Gasteiger partial charge in [0.15, 0.2) is 5.78 Å². The smallest absolute Gasteiger partial charge is 0.158 e. The van der Waals surface area contributed by atoms with Crippen LogP contribution in [0, 0.1) is 11.3 Å². The molecule has 0 bridgehead atoms. The topological polar surface area (TPSA) is 17.1 Å². The summed E-state index contributed by atoms with van der Waals surface area (Å²) in [6, 6.07) is 15.0. The molecular formula is C25H30O. The lowest BCUT2D eigenvalue weighted by molar-refractivity contribution is -0.118. The molecule has 1 aliphatic rings. The number of fused-ring (bicyclic) bond motifs is 1. The van der Waals surface area contributed by atoms with Gasteiger partial charge in [-0.05, 0) is 59.9 Å². The Morgan fingerprint density at radius 2 is 1.77 bits per heavy atom. The standard InChI is InChI=1S/C25H30O/c1-18-12-13-21(19(2)24(26)15-17-25(3,4)16-14-18)23-11-7-9-20-8-5-6-10-22(20)23/h5-11,14-15,17,19,21H,12-13,16H2,1-4H3/b17-15+,18-14+/t19-,21?/m1/s1. The lowest BCUT2D eigenvalue weighted by atomic mass is 9.79. The molecule has 26 heavy (non-hydrogen) atoms. The molecule has 0 N–H and O–H groups in total. The third-order valence-corrected chi connectivity index (χ3v) is 5.80. The molecule has 3 rings (SSSR count). The maximum absolute atomic E-state index is 12.9. The van der Waals surface area contributed by atoms with E-state index in [1.165, 1.54) is 21.9 Å². The molecule has 1 nitrogen and oxygen atoms in total. The van der Waals surface area contributed by atoms with Gasteiger partial charge in [-0.15, -0.1) is 0 Å². The summed E-state index contributed by atoms with van der Waals surface area (Å²) < 4.78 is 0. The molecule has 0 amide bonds. The highest BCUT2D eigenvalue weighted by Gasteiger charge is 2.26. The lowest BCUT2D eigenvalue weighted by Crippen LogP contribution is -2.19. The summed E-state index contributed by atoms with van der Waals surface area (Å²) in [5.74, 6) is 0.470. The predicted octanol–water partition coefficient (Wildman–Crippen LogP) is 6.84. The summed E-state index contributed by atoms with van der Waals surface area (Å²) >= 11 is 0. The van der Waals surface area contributed by atoms with E-state index < -0.39 is 0 Å². The van der Waals surface area contributed by atoms with E-state index in [4.69, 9.17) is 0 Å². The lowest BCUT2D eigenvalue weighted by Gasteiger charge is -2.24. The van der Waals surface area contributed by atoms with Gasteiger partial charge in [0.2, 0.25) is 0 Å². The Bertz CT molecular complexity index is 848. The fraction of sp³-hybridized carbons (Fsp3) is 0.400. The maximum atomic E-state index is 12.9. The monoisotopic (exact) mass is 346 g/mol. The molecule has 0 saturated heterocycles. The molecule has 0 spiro atoms. The molecule has 2 aromatic carbocycles. The zero-order valence-corrected chi connectivity index (χ0v) is 16.5. The first-order valence-corrected chi connectivity index (χ1v) is 9.74. The summed E-state index contributed by atoms with van der Waals surface area (Å²) in [6.45, 7) is 8.73. The van der Waals surface area contributed by atoms with E-state index in [2.05, 4.69) is 82.3 Å². The summed E-state index contributed by atoms with van der Waals surface area (Å²) in [5.41, 5.74) is 2.76. The van der Waals surface area contributed by atoms with Crippen LogP contribution in [0.3, 0.4) is 0 Å². The van der Waals surface area contributed by atoms with Crippen LogP contribution in [0.25, 0.3) is 10.8 Å². The fourth-order valence-corrected chi connectivity index (χ4v) is 3.90. The quantitative estimate of drug-likeness (QED) is 0.516. The van der Waals surface area contributed by atoms with Crippen molar-refractivity contribution in [3.63, 3.8) is 0 Å². The minimum atomic E-state index is -0.0150. The van der Waals surface area contributed by atoms with Gasteiger partial charge in [-0.3, -0.25) is 4.79 Å². The molecule has 1 unspecified atom stereocenters. The summed E-state index contributed by atoms with van der Waals surface area (Å²) in [7, 11) is 0. The van der Waals surface area contributed by atoms with Crippen LogP contribution in [-0.2, 0) is 4.79 Å². The Hall–Kier alpha value is -2.15. The number of ketones is 1. The normalized spacial score (nSPS) is 27.4. The van der Waals surface area contributed by atoms with Crippen molar-refractivity contribution in [2.45, 2.75) is 52.9 Å². The summed E-state index contributed by atoms with van der Waals surface area (Å²) in [4.78, 5) is 12.9. The average molecular weight is 347 g/mol. The van der Waals surface area contributed by atoms with Crippen molar-refractivity contribution in [1.29, 1.82) is 0 Å². The van der Waals surface area contributed by atoms with E-state index in [1.54, 1.807) is 0 Å². The molecule has 0 aromatic heterocycles. The number of hydrogen-bond donors (Lipinski definition) is 0. The second-order valence-corrected chi connectivity index (χ2v) is 8.48. The molecule has 0 fully saturated rings. The third-order valence-electron chi connectivity index (χ3n) is 5.80. The number of carbonyl (C=O) groups excluding carboxylic acids is 1. The van der Waals surface area contributed by atoms with Crippen molar-refractivity contribution in [3.05, 3.63) is 71.8 Å². The average Bonchev–Trinajstić information content (AvgIpc) is 2.65. The van der Waals surface area contributed by atoms with Crippen molar-refractivity contribution < 1.29 is 4.79 Å². The van der Waals surface area contributed by atoms with Gasteiger partial charge in [0.25, 0.3) is 0 Å². The zero-order chi connectivity index (χ0) is 18.7. The zero-order valence-electron chi connectivity index (χ0n) is 16.5. The van der Waals surface area contributed by atoms with E-state index >= 15 is 0 Å². The van der Waals surface area contributed by atoms with Crippen molar-refractivity contribution in [2.75, 3.05) is 0 Å². The Morgan fingerprint density at radius 1 is 1.04 bits per heavy atom. The van der Waals surface area contributed by atoms with E-state index in [9.17, 15) is 4.79 Å². The maximum Gasteiger partial charge on any atom is 0.158 e. The Balaban J connectivity index is 2.05. The molecule has 2 aromatic rings. The van der Waals surface area contributed by atoms with Gasteiger partial charge in [0.05, 0.1) is 0 Å². The summed E-state index contributed by atoms with van der Waals surface area (Å²) in [6.07, 6.45) is 9.32. The van der Waals surface area contributed by atoms with Gasteiger partial charge in [0.1, 0.15) is 0 Å². The van der Waals surface area contributed by atoms with Gasteiger partial charge >= 0.3 is 0 Å². The molecule has 0 saturated carbocycles. The molecule has 0 aliphatic heterocycles. The fourth-order valence-electron chi connectivity index (χ4n) is 3.90. The molecule has 0 heterocycles. The van der Waals surface area contributed by atoms with Gasteiger partial charge in [0, 0.05) is 5.92 Å². The predicted molar refractivity (Wildman–Crippen MR) is 111 cm³/mol. The van der Waals surface area contributed by atoms with Gasteiger partial charge < -0.3 is 0 Å². The van der Waals surface area contributed by atoms with Crippen LogP contribution in [-0.4, -0.2) is 5.78 Å². The molecule has 136 valence electrons. The highest BCUT2D eigenvalue weighted by molar-refractivity contribution is 5.93. The van der Waals surface area contributed by atoms with Crippen LogP contribution in [0.2, 0.25) is 0 Å². The highest BCUT2D eigenvalue weighted by Crippen LogP contribution is 2.37. The summed E-state index contributed by atoms with van der Waals surface area (Å²) in [5, 5.41) is 2.53. The largest absolute Gasteiger partial charge is 0.295 e. The van der Waals surface area contributed by atoms with Gasteiger partial charge in [-0.25, -0.2) is 0 Å². The first kappa shape index (κ1) is 18.6. The van der Waals surface area contributed by atoms with Crippen LogP contribution >= 0.6 is 0 Å². The molecule has 1 heteroatoms. The number of hydrogen-bond acceptors (Lipinski definition) is 1. The van der Waals surface area contributed by atoms with Gasteiger partial charge in [-0.2, -0.15) is 0 Å². The number of rotatable bonds is 1. The van der Waals surface area contributed by atoms with Crippen molar-refractivity contribution in [2.24, 2.45) is 11.3 Å². The Kier molecular flexibility index (Phi) is 5.46. The molecule has 0 radical (unpaired) electrons. The van der Waals surface area contributed by atoms with Crippen LogP contribution in [0.1, 0.15) is 58.4 Å². The number of benzene rings is 2.